The van der Waals surface area contributed by atoms with E-state index >= 15 is 0 Å². The lowest BCUT2D eigenvalue weighted by molar-refractivity contribution is 0.471. The van der Waals surface area contributed by atoms with Crippen molar-refractivity contribution in [1.29, 1.82) is 0 Å². The molecule has 2 N–H and O–H groups in total. The summed E-state index contributed by atoms with van der Waals surface area (Å²) in [5, 5.41) is 20.2. The first-order valence-electron chi connectivity index (χ1n) is 9.50. The van der Waals surface area contributed by atoms with Crippen molar-refractivity contribution in [2.75, 3.05) is 0 Å². The molecule has 0 aromatic heterocycles. The van der Waals surface area contributed by atoms with Gasteiger partial charge in [0.25, 0.3) is 0 Å². The van der Waals surface area contributed by atoms with Crippen LogP contribution in [0.3, 0.4) is 0 Å². The zero-order chi connectivity index (χ0) is 18.8. The third kappa shape index (κ3) is 3.53. The van der Waals surface area contributed by atoms with Crippen LogP contribution in [0.5, 0.6) is 11.5 Å². The van der Waals surface area contributed by atoms with Crippen LogP contribution in [0.2, 0.25) is 0 Å². The molecule has 0 saturated carbocycles. The van der Waals surface area contributed by atoms with Crippen LogP contribution in [-0.4, -0.2) is 10.2 Å². The van der Waals surface area contributed by atoms with Crippen molar-refractivity contribution in [1.82, 2.24) is 0 Å². The van der Waals surface area contributed by atoms with Crippen LogP contribution in [0.15, 0.2) is 24.3 Å². The second-order valence-corrected chi connectivity index (χ2v) is 7.32. The summed E-state index contributed by atoms with van der Waals surface area (Å²) in [7, 11) is 0. The standard InChI is InChI=1S/C23H32O2/c1-7-15-11-19(24)12-16(8-2)21(15)23(5,6)22-17(9-3)13-20(25)14-18(22)10-4/h11-14,24-25H,7-10H2,1-6H3. The van der Waals surface area contributed by atoms with Gasteiger partial charge in [0, 0.05) is 5.41 Å². The molecule has 0 saturated heterocycles. The maximum absolute atomic E-state index is 10.1. The summed E-state index contributed by atoms with van der Waals surface area (Å²) >= 11 is 0. The van der Waals surface area contributed by atoms with E-state index in [1.54, 1.807) is 0 Å². The van der Waals surface area contributed by atoms with Gasteiger partial charge < -0.3 is 10.2 Å². The van der Waals surface area contributed by atoms with Crippen molar-refractivity contribution >= 4 is 0 Å². The van der Waals surface area contributed by atoms with E-state index in [1.807, 2.05) is 24.3 Å². The van der Waals surface area contributed by atoms with Gasteiger partial charge in [-0.25, -0.2) is 0 Å². The molecule has 0 radical (unpaired) electrons. The SMILES string of the molecule is CCc1cc(O)cc(CC)c1C(C)(C)c1c(CC)cc(O)cc1CC. The number of phenolic OH excluding ortho intramolecular Hbond substituents is 2. The number of phenols is 2. The van der Waals surface area contributed by atoms with Gasteiger partial charge in [-0.05, 0) is 83.3 Å². The molecule has 0 aliphatic heterocycles. The molecule has 0 aliphatic rings. The van der Waals surface area contributed by atoms with Crippen molar-refractivity contribution < 1.29 is 10.2 Å². The van der Waals surface area contributed by atoms with Gasteiger partial charge >= 0.3 is 0 Å². The zero-order valence-electron chi connectivity index (χ0n) is 16.5. The minimum absolute atomic E-state index is 0.186. The van der Waals surface area contributed by atoms with Crippen LogP contribution in [0.25, 0.3) is 0 Å². The molecule has 25 heavy (non-hydrogen) atoms. The largest absolute Gasteiger partial charge is 0.508 e. The topological polar surface area (TPSA) is 40.5 Å². The first kappa shape index (κ1) is 19.4. The fraction of sp³-hybridized carbons (Fsp3) is 0.478. The highest BCUT2D eigenvalue weighted by Gasteiger charge is 2.32. The number of rotatable bonds is 6. The van der Waals surface area contributed by atoms with E-state index in [0.717, 1.165) is 25.7 Å². The van der Waals surface area contributed by atoms with E-state index < -0.39 is 0 Å². The Balaban J connectivity index is 2.84. The maximum atomic E-state index is 10.1. The van der Waals surface area contributed by atoms with Crippen molar-refractivity contribution in [3.63, 3.8) is 0 Å². The number of hydrogen-bond acceptors (Lipinski definition) is 2. The number of hydrogen-bond donors (Lipinski definition) is 2. The van der Waals surface area contributed by atoms with Crippen LogP contribution in [0.4, 0.5) is 0 Å². The normalized spacial score (nSPS) is 11.8. The summed E-state index contributed by atoms with van der Waals surface area (Å²) in [6, 6.07) is 7.64. The molecule has 2 rings (SSSR count). The molecular formula is C23H32O2. The highest BCUT2D eigenvalue weighted by atomic mass is 16.3. The van der Waals surface area contributed by atoms with Crippen molar-refractivity contribution in [3.05, 3.63) is 57.6 Å². The van der Waals surface area contributed by atoms with E-state index in [9.17, 15) is 10.2 Å². The predicted molar refractivity (Wildman–Crippen MR) is 106 cm³/mol. The summed E-state index contributed by atoms with van der Waals surface area (Å²) in [6.07, 6.45) is 3.56. The molecule has 0 spiro atoms. The second-order valence-electron chi connectivity index (χ2n) is 7.32. The van der Waals surface area contributed by atoms with Crippen LogP contribution in [0, 0.1) is 0 Å². The maximum Gasteiger partial charge on any atom is 0.116 e. The fourth-order valence-corrected chi connectivity index (χ4v) is 4.34. The fourth-order valence-electron chi connectivity index (χ4n) is 4.34. The van der Waals surface area contributed by atoms with Gasteiger partial charge in [-0.3, -0.25) is 0 Å². The Hall–Kier alpha value is -1.96. The molecule has 0 bridgehead atoms. The highest BCUT2D eigenvalue weighted by molar-refractivity contribution is 5.55. The zero-order valence-corrected chi connectivity index (χ0v) is 16.5. The third-order valence-corrected chi connectivity index (χ3v) is 5.35. The van der Waals surface area contributed by atoms with Crippen LogP contribution in [0.1, 0.15) is 74.9 Å². The monoisotopic (exact) mass is 340 g/mol. The molecule has 0 fully saturated rings. The van der Waals surface area contributed by atoms with Gasteiger partial charge in [0.05, 0.1) is 0 Å². The Morgan fingerprint density at radius 3 is 1.04 bits per heavy atom. The summed E-state index contributed by atoms with van der Waals surface area (Å²) in [5.74, 6) is 0.704. The van der Waals surface area contributed by atoms with Crippen molar-refractivity contribution in [3.8, 4) is 11.5 Å². The molecule has 0 amide bonds. The highest BCUT2D eigenvalue weighted by Crippen LogP contribution is 2.42. The van der Waals surface area contributed by atoms with E-state index in [2.05, 4.69) is 41.5 Å². The molecule has 0 atom stereocenters. The first-order chi connectivity index (χ1) is 11.8. The minimum atomic E-state index is -0.186. The number of benzene rings is 2. The molecule has 2 nitrogen and oxygen atoms in total. The van der Waals surface area contributed by atoms with Crippen molar-refractivity contribution in [2.45, 2.75) is 72.6 Å². The number of aryl methyl sites for hydroxylation is 4. The Labute approximate surface area is 152 Å². The van der Waals surface area contributed by atoms with Gasteiger partial charge in [-0.1, -0.05) is 41.5 Å². The van der Waals surface area contributed by atoms with Crippen LogP contribution >= 0.6 is 0 Å². The molecule has 2 heteroatoms. The van der Waals surface area contributed by atoms with E-state index in [1.165, 1.54) is 33.4 Å². The van der Waals surface area contributed by atoms with Gasteiger partial charge in [0.15, 0.2) is 0 Å². The first-order valence-corrected chi connectivity index (χ1v) is 9.50. The third-order valence-electron chi connectivity index (χ3n) is 5.35. The minimum Gasteiger partial charge on any atom is -0.508 e. The molecule has 2 aromatic carbocycles. The predicted octanol–water partition coefficient (Wildman–Crippen LogP) is 5.67. The summed E-state index contributed by atoms with van der Waals surface area (Å²) < 4.78 is 0. The second kappa shape index (κ2) is 7.51. The Morgan fingerprint density at radius 1 is 0.600 bits per heavy atom. The lowest BCUT2D eigenvalue weighted by Crippen LogP contribution is -2.26. The summed E-state index contributed by atoms with van der Waals surface area (Å²) in [6.45, 7) is 13.1. The van der Waals surface area contributed by atoms with E-state index in [4.69, 9.17) is 0 Å². The summed E-state index contributed by atoms with van der Waals surface area (Å²) in [4.78, 5) is 0. The quantitative estimate of drug-likeness (QED) is 0.711. The Bertz CT molecular complexity index is 643. The van der Waals surface area contributed by atoms with Gasteiger partial charge in [0.2, 0.25) is 0 Å². The molecule has 0 unspecified atom stereocenters. The van der Waals surface area contributed by atoms with Crippen molar-refractivity contribution in [2.24, 2.45) is 0 Å². The molecular weight excluding hydrogens is 308 g/mol. The van der Waals surface area contributed by atoms with E-state index in [0.29, 0.717) is 11.5 Å². The Morgan fingerprint density at radius 2 is 0.840 bits per heavy atom. The molecule has 0 aliphatic carbocycles. The Kier molecular flexibility index (Phi) is 5.82. The van der Waals surface area contributed by atoms with Gasteiger partial charge in [-0.15, -0.1) is 0 Å². The molecule has 2 aromatic rings. The van der Waals surface area contributed by atoms with Crippen LogP contribution < -0.4 is 0 Å². The average molecular weight is 341 g/mol. The van der Waals surface area contributed by atoms with E-state index in [-0.39, 0.29) is 5.41 Å². The summed E-state index contributed by atoms with van der Waals surface area (Å²) in [5.41, 5.74) is 7.29. The van der Waals surface area contributed by atoms with Crippen LogP contribution in [-0.2, 0) is 31.1 Å². The molecule has 136 valence electrons. The average Bonchev–Trinajstić information content (AvgIpc) is 2.59. The molecule has 0 heterocycles. The number of aromatic hydroxyl groups is 2. The smallest absolute Gasteiger partial charge is 0.116 e. The lowest BCUT2D eigenvalue weighted by Gasteiger charge is -2.35. The lowest BCUT2D eigenvalue weighted by atomic mass is 9.69. The van der Waals surface area contributed by atoms with Gasteiger partial charge in [-0.2, -0.15) is 0 Å². The van der Waals surface area contributed by atoms with Gasteiger partial charge in [0.1, 0.15) is 11.5 Å².